The molecule has 2 aromatic carbocycles. The van der Waals surface area contributed by atoms with Gasteiger partial charge in [0.1, 0.15) is 0 Å². The minimum Gasteiger partial charge on any atom is -0.345 e. The van der Waals surface area contributed by atoms with E-state index in [9.17, 15) is 9.59 Å². The summed E-state index contributed by atoms with van der Waals surface area (Å²) in [5.41, 5.74) is 3.32. The van der Waals surface area contributed by atoms with E-state index in [0.717, 1.165) is 16.6 Å². The lowest BCUT2D eigenvalue weighted by Crippen LogP contribution is -2.50. The Morgan fingerprint density at radius 3 is 2.48 bits per heavy atom. The van der Waals surface area contributed by atoms with E-state index in [4.69, 9.17) is 0 Å². The van der Waals surface area contributed by atoms with Crippen LogP contribution in [0.4, 0.5) is 0 Å². The van der Waals surface area contributed by atoms with Gasteiger partial charge in [0.05, 0.1) is 17.4 Å². The molecular weight excluding hydrogens is 340 g/mol. The fourth-order valence-corrected chi connectivity index (χ4v) is 3.22. The maximum atomic E-state index is 12.7. The highest BCUT2D eigenvalue weighted by Gasteiger charge is 2.24. The van der Waals surface area contributed by atoms with Crippen LogP contribution in [0.15, 0.2) is 60.9 Å². The molecule has 1 saturated heterocycles. The van der Waals surface area contributed by atoms with Gasteiger partial charge in [0.2, 0.25) is 5.91 Å². The smallest absolute Gasteiger partial charge is 0.254 e. The Morgan fingerprint density at radius 2 is 1.70 bits per heavy atom. The van der Waals surface area contributed by atoms with Gasteiger partial charge in [-0.25, -0.2) is 4.98 Å². The van der Waals surface area contributed by atoms with E-state index in [2.05, 4.69) is 9.97 Å². The summed E-state index contributed by atoms with van der Waals surface area (Å²) >= 11 is 0. The van der Waals surface area contributed by atoms with Gasteiger partial charge in [-0.3, -0.25) is 9.59 Å². The number of fused-ring (bicyclic) bond motifs is 1. The summed E-state index contributed by atoms with van der Waals surface area (Å²) in [6.07, 6.45) is 5.03. The third kappa shape index (κ3) is 3.74. The van der Waals surface area contributed by atoms with Crippen molar-refractivity contribution in [3.05, 3.63) is 72.1 Å². The van der Waals surface area contributed by atoms with Gasteiger partial charge >= 0.3 is 0 Å². The van der Waals surface area contributed by atoms with E-state index >= 15 is 0 Å². The molecule has 6 heteroatoms. The van der Waals surface area contributed by atoms with Crippen LogP contribution >= 0.6 is 0 Å². The third-order valence-corrected chi connectivity index (χ3v) is 4.76. The van der Waals surface area contributed by atoms with Crippen LogP contribution in [-0.2, 0) is 4.79 Å². The number of hydrogen-bond donors (Lipinski definition) is 1. The average molecular weight is 360 g/mol. The molecule has 1 aliphatic heterocycles. The van der Waals surface area contributed by atoms with Crippen molar-refractivity contribution in [1.82, 2.24) is 19.8 Å². The molecule has 27 heavy (non-hydrogen) atoms. The number of nitrogens with zero attached hydrogens (tertiary/aromatic N) is 3. The van der Waals surface area contributed by atoms with Crippen LogP contribution < -0.4 is 0 Å². The minimum atomic E-state index is -0.0233. The number of benzene rings is 2. The third-order valence-electron chi connectivity index (χ3n) is 4.76. The first-order chi connectivity index (χ1) is 13.2. The van der Waals surface area contributed by atoms with Gasteiger partial charge in [-0.2, -0.15) is 0 Å². The van der Waals surface area contributed by atoms with Crippen molar-refractivity contribution in [1.29, 1.82) is 0 Å². The number of aromatic amines is 1. The van der Waals surface area contributed by atoms with Gasteiger partial charge in [-0.15, -0.1) is 0 Å². The average Bonchev–Trinajstić information content (AvgIpc) is 3.20. The fourth-order valence-electron chi connectivity index (χ4n) is 3.22. The van der Waals surface area contributed by atoms with Crippen LogP contribution in [0.5, 0.6) is 0 Å². The van der Waals surface area contributed by atoms with Crippen molar-refractivity contribution in [2.75, 3.05) is 26.2 Å². The molecule has 3 aromatic rings. The lowest BCUT2D eigenvalue weighted by Gasteiger charge is -2.34. The standard InChI is InChI=1S/C21H20N4O2/c26-20(9-6-16-4-2-1-3-5-16)24-10-12-25(13-11-24)21(27)17-7-8-18-19(14-17)23-15-22-18/h1-9,14-15H,10-13H2,(H,22,23). The van der Waals surface area contributed by atoms with E-state index in [1.807, 2.05) is 48.5 Å². The van der Waals surface area contributed by atoms with Crippen LogP contribution in [0.1, 0.15) is 15.9 Å². The zero-order valence-corrected chi connectivity index (χ0v) is 14.8. The van der Waals surface area contributed by atoms with Gasteiger partial charge in [0.25, 0.3) is 5.91 Å². The second-order valence-corrected chi connectivity index (χ2v) is 6.50. The highest BCUT2D eigenvalue weighted by molar-refractivity contribution is 5.97. The first-order valence-corrected chi connectivity index (χ1v) is 8.95. The molecule has 0 unspecified atom stereocenters. The topological polar surface area (TPSA) is 69.3 Å². The van der Waals surface area contributed by atoms with Crippen LogP contribution in [0.3, 0.4) is 0 Å². The minimum absolute atomic E-state index is 0.0153. The van der Waals surface area contributed by atoms with Crippen molar-refractivity contribution >= 4 is 28.9 Å². The molecule has 136 valence electrons. The van der Waals surface area contributed by atoms with Gasteiger partial charge in [0, 0.05) is 37.8 Å². The highest BCUT2D eigenvalue weighted by Crippen LogP contribution is 2.15. The summed E-state index contributed by atoms with van der Waals surface area (Å²) in [5.74, 6) is -0.0386. The number of carbonyl (C=O) groups is 2. The number of nitrogens with one attached hydrogen (secondary N) is 1. The maximum absolute atomic E-state index is 12.7. The summed E-state index contributed by atoms with van der Waals surface area (Å²) < 4.78 is 0. The van der Waals surface area contributed by atoms with Crippen LogP contribution in [-0.4, -0.2) is 57.8 Å². The Bertz CT molecular complexity index is 986. The monoisotopic (exact) mass is 360 g/mol. The molecule has 1 aliphatic rings. The highest BCUT2D eigenvalue weighted by atomic mass is 16.2. The SMILES string of the molecule is O=C(C=Cc1ccccc1)N1CCN(C(=O)c2ccc3nc[nH]c3c2)CC1. The number of aromatic nitrogens is 2. The molecule has 6 nitrogen and oxygen atoms in total. The van der Waals surface area contributed by atoms with Gasteiger partial charge in [-0.05, 0) is 29.8 Å². The lowest BCUT2D eigenvalue weighted by atomic mass is 10.1. The van der Waals surface area contributed by atoms with Crippen molar-refractivity contribution in [3.63, 3.8) is 0 Å². The molecule has 0 bridgehead atoms. The maximum Gasteiger partial charge on any atom is 0.254 e. The van der Waals surface area contributed by atoms with E-state index in [1.54, 1.807) is 28.3 Å². The van der Waals surface area contributed by atoms with E-state index in [1.165, 1.54) is 0 Å². The molecule has 0 radical (unpaired) electrons. The largest absolute Gasteiger partial charge is 0.345 e. The zero-order valence-electron chi connectivity index (χ0n) is 14.8. The van der Waals surface area contributed by atoms with Crippen LogP contribution in [0, 0.1) is 0 Å². The first kappa shape index (κ1) is 17.0. The quantitative estimate of drug-likeness (QED) is 0.730. The van der Waals surface area contributed by atoms with Crippen molar-refractivity contribution in [3.8, 4) is 0 Å². The summed E-state index contributed by atoms with van der Waals surface area (Å²) in [6.45, 7) is 2.14. The Morgan fingerprint density at radius 1 is 0.963 bits per heavy atom. The van der Waals surface area contributed by atoms with E-state index < -0.39 is 0 Å². The molecule has 4 rings (SSSR count). The molecule has 2 amide bonds. The normalized spacial score (nSPS) is 14.8. The summed E-state index contributed by atoms with van der Waals surface area (Å²) in [5, 5.41) is 0. The number of rotatable bonds is 3. The molecule has 1 fully saturated rings. The fraction of sp³-hybridized carbons (Fsp3) is 0.190. The number of H-pyrrole nitrogens is 1. The Kier molecular flexibility index (Phi) is 4.70. The van der Waals surface area contributed by atoms with Gasteiger partial charge < -0.3 is 14.8 Å². The van der Waals surface area contributed by atoms with Crippen LogP contribution in [0.2, 0.25) is 0 Å². The number of piperazine rings is 1. The number of carbonyl (C=O) groups excluding carboxylic acids is 2. The molecule has 0 atom stereocenters. The second-order valence-electron chi connectivity index (χ2n) is 6.50. The van der Waals surface area contributed by atoms with Gasteiger partial charge in [-0.1, -0.05) is 30.3 Å². The molecular formula is C21H20N4O2. The zero-order chi connectivity index (χ0) is 18.6. The lowest BCUT2D eigenvalue weighted by molar-refractivity contribution is -0.127. The van der Waals surface area contributed by atoms with Crippen molar-refractivity contribution in [2.45, 2.75) is 0 Å². The molecule has 2 heterocycles. The molecule has 0 saturated carbocycles. The Hall–Kier alpha value is -3.41. The van der Waals surface area contributed by atoms with E-state index in [-0.39, 0.29) is 11.8 Å². The van der Waals surface area contributed by atoms with Gasteiger partial charge in [0.15, 0.2) is 0 Å². The predicted octanol–water partition coefficient (Wildman–Crippen LogP) is 2.56. The first-order valence-electron chi connectivity index (χ1n) is 8.95. The molecule has 0 aliphatic carbocycles. The predicted molar refractivity (Wildman–Crippen MR) is 104 cm³/mol. The molecule has 1 N–H and O–H groups in total. The van der Waals surface area contributed by atoms with E-state index in [0.29, 0.717) is 31.7 Å². The summed E-state index contributed by atoms with van der Waals surface area (Å²) in [4.78, 5) is 35.9. The summed E-state index contributed by atoms with van der Waals surface area (Å²) in [6, 6.07) is 15.2. The molecule has 1 aromatic heterocycles. The van der Waals surface area contributed by atoms with Crippen molar-refractivity contribution < 1.29 is 9.59 Å². The number of imidazole rings is 1. The number of hydrogen-bond acceptors (Lipinski definition) is 3. The molecule has 0 spiro atoms. The Labute approximate surface area is 157 Å². The summed E-state index contributed by atoms with van der Waals surface area (Å²) in [7, 11) is 0. The van der Waals surface area contributed by atoms with Crippen molar-refractivity contribution in [2.24, 2.45) is 0 Å². The second kappa shape index (κ2) is 7.45. The number of amides is 2. The van der Waals surface area contributed by atoms with Crippen LogP contribution in [0.25, 0.3) is 17.1 Å². The Balaban J connectivity index is 1.36.